The average molecular weight is 282 g/mol. The number of hydrogen-bond donors (Lipinski definition) is 1. The fourth-order valence-electron chi connectivity index (χ4n) is 2.27. The van der Waals surface area contributed by atoms with Crippen LogP contribution in [-0.4, -0.2) is 50.4 Å². The summed E-state index contributed by atoms with van der Waals surface area (Å²) in [5.41, 5.74) is 6.61. The van der Waals surface area contributed by atoms with Crippen molar-refractivity contribution in [1.29, 1.82) is 0 Å². The van der Waals surface area contributed by atoms with Gasteiger partial charge in [-0.2, -0.15) is 0 Å². The Bertz CT molecular complexity index is 420. The van der Waals surface area contributed by atoms with E-state index in [1.54, 1.807) is 6.07 Å². The van der Waals surface area contributed by atoms with Gasteiger partial charge in [-0.05, 0) is 31.0 Å². The number of nitrogens with two attached hydrogens (primary N) is 1. The first-order valence-electron chi connectivity index (χ1n) is 7.12. The van der Waals surface area contributed by atoms with Gasteiger partial charge in [-0.25, -0.2) is 4.39 Å². The maximum Gasteiger partial charge on any atom is 0.165 e. The normalized spacial score (nSPS) is 17.9. The summed E-state index contributed by atoms with van der Waals surface area (Å²) in [7, 11) is 0. The second-order valence-electron chi connectivity index (χ2n) is 5.25. The molecule has 0 spiro atoms. The Morgan fingerprint density at radius 1 is 1.40 bits per heavy atom. The Kier molecular flexibility index (Phi) is 5.76. The van der Waals surface area contributed by atoms with E-state index in [4.69, 9.17) is 15.2 Å². The maximum atomic E-state index is 13.9. The van der Waals surface area contributed by atoms with Crippen LogP contribution in [0.5, 0.6) is 5.75 Å². The third-order valence-electron chi connectivity index (χ3n) is 3.32. The molecule has 1 heterocycles. The van der Waals surface area contributed by atoms with Crippen molar-refractivity contribution >= 4 is 0 Å². The fourth-order valence-corrected chi connectivity index (χ4v) is 2.27. The largest absolute Gasteiger partial charge is 0.489 e. The van der Waals surface area contributed by atoms with Crippen LogP contribution in [-0.2, 0) is 11.2 Å². The van der Waals surface area contributed by atoms with E-state index < -0.39 is 0 Å². The molecule has 1 fully saturated rings. The lowest BCUT2D eigenvalue weighted by Gasteiger charge is -2.26. The third-order valence-corrected chi connectivity index (χ3v) is 3.32. The lowest BCUT2D eigenvalue weighted by Crippen LogP contribution is -2.38. The second kappa shape index (κ2) is 7.57. The molecule has 5 heteroatoms. The molecule has 0 bridgehead atoms. The van der Waals surface area contributed by atoms with Crippen LogP contribution in [0.15, 0.2) is 18.2 Å². The van der Waals surface area contributed by atoms with Crippen LogP contribution in [0.2, 0.25) is 0 Å². The molecule has 1 aromatic rings. The average Bonchev–Trinajstić information content (AvgIpc) is 2.42. The molecular formula is C15H23FN2O2. The maximum absolute atomic E-state index is 13.9. The summed E-state index contributed by atoms with van der Waals surface area (Å²) in [6.45, 7) is 6.55. The van der Waals surface area contributed by atoms with Crippen LogP contribution < -0.4 is 10.5 Å². The first kappa shape index (κ1) is 15.2. The molecule has 2 N–H and O–H groups in total. The molecule has 20 heavy (non-hydrogen) atoms. The van der Waals surface area contributed by atoms with Gasteiger partial charge in [0, 0.05) is 25.7 Å². The van der Waals surface area contributed by atoms with Gasteiger partial charge in [0.1, 0.15) is 6.61 Å². The molecule has 4 nitrogen and oxygen atoms in total. The van der Waals surface area contributed by atoms with E-state index in [1.165, 1.54) is 6.07 Å². The van der Waals surface area contributed by atoms with E-state index in [-0.39, 0.29) is 11.9 Å². The van der Waals surface area contributed by atoms with E-state index in [0.29, 0.717) is 18.8 Å². The van der Waals surface area contributed by atoms with Gasteiger partial charge in [-0.15, -0.1) is 0 Å². The Hall–Kier alpha value is -1.17. The highest BCUT2D eigenvalue weighted by Crippen LogP contribution is 2.19. The Morgan fingerprint density at radius 3 is 2.80 bits per heavy atom. The molecule has 2 rings (SSSR count). The standard InChI is InChI=1S/C15H23FN2O2/c1-12(17)10-13-2-3-15(14(16)11-13)20-9-6-18-4-7-19-8-5-18/h2-3,11-12H,4-10,17H2,1H3. The smallest absolute Gasteiger partial charge is 0.165 e. The van der Waals surface area contributed by atoms with Crippen LogP contribution in [0.25, 0.3) is 0 Å². The molecular weight excluding hydrogens is 259 g/mol. The van der Waals surface area contributed by atoms with Gasteiger partial charge >= 0.3 is 0 Å². The van der Waals surface area contributed by atoms with Crippen molar-refractivity contribution in [2.45, 2.75) is 19.4 Å². The van der Waals surface area contributed by atoms with E-state index in [2.05, 4.69) is 4.90 Å². The molecule has 1 saturated heterocycles. The van der Waals surface area contributed by atoms with Crippen molar-refractivity contribution in [2.24, 2.45) is 5.73 Å². The predicted octanol–water partition coefficient (Wildman–Crippen LogP) is 1.43. The van der Waals surface area contributed by atoms with Crippen LogP contribution in [0.3, 0.4) is 0 Å². The number of hydrogen-bond acceptors (Lipinski definition) is 4. The summed E-state index contributed by atoms with van der Waals surface area (Å²) in [6, 6.07) is 5.10. The summed E-state index contributed by atoms with van der Waals surface area (Å²) in [5, 5.41) is 0. The molecule has 112 valence electrons. The topological polar surface area (TPSA) is 47.7 Å². The Balaban J connectivity index is 1.80. The van der Waals surface area contributed by atoms with E-state index in [1.807, 2.05) is 13.0 Å². The minimum atomic E-state index is -0.315. The van der Waals surface area contributed by atoms with Gasteiger partial charge in [0.15, 0.2) is 11.6 Å². The SMILES string of the molecule is CC(N)Cc1ccc(OCCN2CCOCC2)c(F)c1. The zero-order valence-electron chi connectivity index (χ0n) is 12.0. The summed E-state index contributed by atoms with van der Waals surface area (Å²) >= 11 is 0. The van der Waals surface area contributed by atoms with Crippen molar-refractivity contribution in [1.82, 2.24) is 4.90 Å². The van der Waals surface area contributed by atoms with Gasteiger partial charge in [0.25, 0.3) is 0 Å². The number of nitrogens with zero attached hydrogens (tertiary/aromatic N) is 1. The molecule has 1 unspecified atom stereocenters. The summed E-state index contributed by atoms with van der Waals surface area (Å²) in [5.74, 6) is -0.00295. The summed E-state index contributed by atoms with van der Waals surface area (Å²) < 4.78 is 24.7. The van der Waals surface area contributed by atoms with Crippen LogP contribution >= 0.6 is 0 Å². The number of morpholine rings is 1. The van der Waals surface area contributed by atoms with E-state index >= 15 is 0 Å². The van der Waals surface area contributed by atoms with Crippen molar-refractivity contribution in [3.05, 3.63) is 29.6 Å². The van der Waals surface area contributed by atoms with Gasteiger partial charge in [0.2, 0.25) is 0 Å². The highest BCUT2D eigenvalue weighted by Gasteiger charge is 2.11. The molecule has 1 aliphatic rings. The van der Waals surface area contributed by atoms with E-state index in [0.717, 1.165) is 38.4 Å². The quantitative estimate of drug-likeness (QED) is 0.857. The number of ether oxygens (including phenoxy) is 2. The second-order valence-corrected chi connectivity index (χ2v) is 5.25. The monoisotopic (exact) mass is 282 g/mol. The van der Waals surface area contributed by atoms with Gasteiger partial charge in [0.05, 0.1) is 13.2 Å². The number of rotatable bonds is 6. The fraction of sp³-hybridized carbons (Fsp3) is 0.600. The van der Waals surface area contributed by atoms with Crippen molar-refractivity contribution in [3.8, 4) is 5.75 Å². The van der Waals surface area contributed by atoms with Crippen molar-refractivity contribution in [3.63, 3.8) is 0 Å². The molecule has 0 saturated carbocycles. The lowest BCUT2D eigenvalue weighted by atomic mass is 10.1. The van der Waals surface area contributed by atoms with E-state index in [9.17, 15) is 4.39 Å². The zero-order chi connectivity index (χ0) is 14.4. The number of halogens is 1. The molecule has 1 atom stereocenters. The minimum Gasteiger partial charge on any atom is -0.489 e. The lowest BCUT2D eigenvalue weighted by molar-refractivity contribution is 0.0320. The van der Waals surface area contributed by atoms with Gasteiger partial charge in [-0.3, -0.25) is 4.90 Å². The number of benzene rings is 1. The molecule has 0 radical (unpaired) electrons. The third kappa shape index (κ3) is 4.74. The highest BCUT2D eigenvalue weighted by molar-refractivity contribution is 5.29. The molecule has 0 aliphatic carbocycles. The highest BCUT2D eigenvalue weighted by atomic mass is 19.1. The van der Waals surface area contributed by atoms with Crippen LogP contribution in [0.4, 0.5) is 4.39 Å². The molecule has 1 aliphatic heterocycles. The van der Waals surface area contributed by atoms with Gasteiger partial charge in [-0.1, -0.05) is 6.07 Å². The van der Waals surface area contributed by atoms with Crippen LogP contribution in [0, 0.1) is 5.82 Å². The predicted molar refractivity (Wildman–Crippen MR) is 76.5 cm³/mol. The molecule has 1 aromatic carbocycles. The van der Waals surface area contributed by atoms with Crippen molar-refractivity contribution in [2.75, 3.05) is 39.5 Å². The summed E-state index contributed by atoms with van der Waals surface area (Å²) in [4.78, 5) is 2.26. The Morgan fingerprint density at radius 2 is 2.15 bits per heavy atom. The minimum absolute atomic E-state index is 0.0301. The van der Waals surface area contributed by atoms with Crippen LogP contribution in [0.1, 0.15) is 12.5 Å². The zero-order valence-corrected chi connectivity index (χ0v) is 12.0. The molecule has 0 aromatic heterocycles. The first-order valence-corrected chi connectivity index (χ1v) is 7.12. The summed E-state index contributed by atoms with van der Waals surface area (Å²) in [6.07, 6.45) is 0.672. The first-order chi connectivity index (χ1) is 9.65. The molecule has 0 amide bonds. The van der Waals surface area contributed by atoms with Gasteiger partial charge < -0.3 is 15.2 Å². The van der Waals surface area contributed by atoms with Crippen molar-refractivity contribution < 1.29 is 13.9 Å². The Labute approximate surface area is 119 Å².